The number of hydrogen-bond acceptors (Lipinski definition) is 8. The van der Waals surface area contributed by atoms with E-state index in [1.165, 1.54) is 18.2 Å². The first kappa shape index (κ1) is 20.0. The molecule has 0 N–H and O–H groups in total. The van der Waals surface area contributed by atoms with Crippen LogP contribution in [-0.4, -0.2) is 31.4 Å². The topological polar surface area (TPSA) is 98.1 Å². The third kappa shape index (κ3) is 4.63. The van der Waals surface area contributed by atoms with Gasteiger partial charge in [-0.3, -0.25) is 0 Å². The van der Waals surface area contributed by atoms with Crippen molar-refractivity contribution in [2.75, 3.05) is 19.0 Å². The average Bonchev–Trinajstić information content (AvgIpc) is 2.95. The van der Waals surface area contributed by atoms with Crippen LogP contribution >= 0.6 is 11.5 Å². The SMILES string of the molecule is CN(C)c1ccc(N=Nc2snc3ccc(S(=O)(=O)[O-])cc23)cc1.[Na+]. The Morgan fingerprint density at radius 3 is 2.36 bits per heavy atom. The zero-order valence-corrected chi connectivity index (χ0v) is 17.5. The molecule has 0 radical (unpaired) electrons. The first-order chi connectivity index (χ1) is 11.3. The van der Waals surface area contributed by atoms with E-state index < -0.39 is 10.1 Å². The van der Waals surface area contributed by atoms with Crippen molar-refractivity contribution in [1.29, 1.82) is 0 Å². The molecule has 25 heavy (non-hydrogen) atoms. The normalized spacial score (nSPS) is 11.6. The zero-order chi connectivity index (χ0) is 17.3. The summed E-state index contributed by atoms with van der Waals surface area (Å²) in [7, 11) is -0.627. The molecule has 0 aliphatic heterocycles. The summed E-state index contributed by atoms with van der Waals surface area (Å²) >= 11 is 1.09. The quantitative estimate of drug-likeness (QED) is 0.374. The molecule has 1 aromatic heterocycles. The van der Waals surface area contributed by atoms with Gasteiger partial charge in [-0.25, -0.2) is 8.42 Å². The fraction of sp³-hybridized carbons (Fsp3) is 0.133. The molecule has 0 atom stereocenters. The fourth-order valence-corrected chi connectivity index (χ4v) is 3.24. The second-order valence-electron chi connectivity index (χ2n) is 5.23. The first-order valence-electron chi connectivity index (χ1n) is 6.89. The molecular formula is C15H13N4NaO3S2. The molecule has 0 amide bonds. The Balaban J connectivity index is 0.00000225. The summed E-state index contributed by atoms with van der Waals surface area (Å²) in [5.41, 5.74) is 2.28. The zero-order valence-electron chi connectivity index (χ0n) is 13.9. The Morgan fingerprint density at radius 2 is 1.76 bits per heavy atom. The summed E-state index contributed by atoms with van der Waals surface area (Å²) < 4.78 is 37.6. The van der Waals surface area contributed by atoms with Crippen LogP contribution in [0, 0.1) is 0 Å². The Kier molecular flexibility index (Phi) is 6.30. The Morgan fingerprint density at radius 1 is 1.08 bits per heavy atom. The molecule has 10 heteroatoms. The van der Waals surface area contributed by atoms with Crippen LogP contribution in [0.2, 0.25) is 0 Å². The third-order valence-electron chi connectivity index (χ3n) is 3.34. The second kappa shape index (κ2) is 7.90. The van der Waals surface area contributed by atoms with Crippen LogP contribution in [0.1, 0.15) is 0 Å². The third-order valence-corrected chi connectivity index (χ3v) is 4.93. The number of fused-ring (bicyclic) bond motifs is 1. The molecule has 0 fully saturated rings. The van der Waals surface area contributed by atoms with Crippen molar-refractivity contribution in [2.45, 2.75) is 4.90 Å². The van der Waals surface area contributed by atoms with Crippen LogP contribution < -0.4 is 34.5 Å². The molecule has 3 aromatic rings. The van der Waals surface area contributed by atoms with E-state index >= 15 is 0 Å². The van der Waals surface area contributed by atoms with E-state index in [4.69, 9.17) is 0 Å². The van der Waals surface area contributed by atoms with E-state index in [1.54, 1.807) is 0 Å². The van der Waals surface area contributed by atoms with Gasteiger partial charge < -0.3 is 9.45 Å². The van der Waals surface area contributed by atoms with Crippen molar-refractivity contribution in [3.8, 4) is 0 Å². The molecule has 7 nitrogen and oxygen atoms in total. The molecule has 3 rings (SSSR count). The van der Waals surface area contributed by atoms with Gasteiger partial charge in [-0.05, 0) is 54.0 Å². The maximum Gasteiger partial charge on any atom is 1.00 e. The molecule has 0 unspecified atom stereocenters. The molecule has 0 aliphatic rings. The minimum atomic E-state index is -4.52. The molecule has 0 aliphatic carbocycles. The predicted octanol–water partition coefficient (Wildman–Crippen LogP) is 0.686. The van der Waals surface area contributed by atoms with Gasteiger partial charge >= 0.3 is 29.6 Å². The van der Waals surface area contributed by atoms with Crippen LogP contribution in [-0.2, 0) is 10.1 Å². The van der Waals surface area contributed by atoms with E-state index in [-0.39, 0.29) is 34.5 Å². The Hall–Kier alpha value is -1.36. The van der Waals surface area contributed by atoms with Gasteiger partial charge in [0, 0.05) is 25.2 Å². The number of rotatable bonds is 4. The van der Waals surface area contributed by atoms with E-state index in [9.17, 15) is 13.0 Å². The minimum Gasteiger partial charge on any atom is -0.744 e. The van der Waals surface area contributed by atoms with Crippen molar-refractivity contribution in [1.82, 2.24) is 4.37 Å². The molecule has 1 heterocycles. The number of benzene rings is 2. The van der Waals surface area contributed by atoms with Crippen LogP contribution in [0.4, 0.5) is 16.4 Å². The molecule has 0 saturated carbocycles. The summed E-state index contributed by atoms with van der Waals surface area (Å²) in [5.74, 6) is 0. The largest absolute Gasteiger partial charge is 1.00 e. The van der Waals surface area contributed by atoms with Gasteiger partial charge in [-0.1, -0.05) is 0 Å². The van der Waals surface area contributed by atoms with E-state index in [2.05, 4.69) is 14.6 Å². The summed E-state index contributed by atoms with van der Waals surface area (Å²) in [4.78, 5) is 1.67. The Labute approximate surface area is 171 Å². The van der Waals surface area contributed by atoms with Crippen LogP contribution in [0.3, 0.4) is 0 Å². The van der Waals surface area contributed by atoms with Gasteiger partial charge in [-0.2, -0.15) is 4.37 Å². The number of nitrogens with zero attached hydrogens (tertiary/aromatic N) is 4. The number of aromatic nitrogens is 1. The molecule has 124 valence electrons. The van der Waals surface area contributed by atoms with Crippen molar-refractivity contribution >= 4 is 48.9 Å². The van der Waals surface area contributed by atoms with Gasteiger partial charge in [0.25, 0.3) is 0 Å². The van der Waals surface area contributed by atoms with Gasteiger partial charge in [-0.15, -0.1) is 10.2 Å². The summed E-state index contributed by atoms with van der Waals surface area (Å²) in [6.07, 6.45) is 0. The smallest absolute Gasteiger partial charge is 0.744 e. The second-order valence-corrected chi connectivity index (χ2v) is 7.36. The molecule has 0 saturated heterocycles. The molecular weight excluding hydrogens is 371 g/mol. The van der Waals surface area contributed by atoms with Gasteiger partial charge in [0.05, 0.1) is 16.1 Å². The summed E-state index contributed by atoms with van der Waals surface area (Å²) in [5, 5.41) is 9.22. The van der Waals surface area contributed by atoms with E-state index in [0.717, 1.165) is 17.2 Å². The summed E-state index contributed by atoms with van der Waals surface area (Å²) in [6.45, 7) is 0. The predicted molar refractivity (Wildman–Crippen MR) is 92.5 cm³/mol. The van der Waals surface area contributed by atoms with E-state index in [1.807, 2.05) is 43.3 Å². The average molecular weight is 384 g/mol. The minimum absolute atomic E-state index is 0. The number of hydrogen-bond donors (Lipinski definition) is 0. The van der Waals surface area contributed by atoms with Crippen molar-refractivity contribution in [3.05, 3.63) is 42.5 Å². The van der Waals surface area contributed by atoms with Gasteiger partial charge in [0.2, 0.25) is 0 Å². The Bertz CT molecular complexity index is 1010. The maximum absolute atomic E-state index is 11.1. The van der Waals surface area contributed by atoms with Crippen LogP contribution in [0.15, 0.2) is 57.6 Å². The maximum atomic E-state index is 11.1. The fourth-order valence-electron chi connectivity index (χ4n) is 2.06. The van der Waals surface area contributed by atoms with Crippen LogP contribution in [0.5, 0.6) is 0 Å². The van der Waals surface area contributed by atoms with Crippen molar-refractivity contribution in [3.63, 3.8) is 0 Å². The van der Waals surface area contributed by atoms with Crippen molar-refractivity contribution in [2.24, 2.45) is 10.2 Å². The molecule has 0 bridgehead atoms. The first-order valence-corrected chi connectivity index (χ1v) is 9.07. The van der Waals surface area contributed by atoms with Crippen molar-refractivity contribution < 1.29 is 42.5 Å². The van der Waals surface area contributed by atoms with E-state index in [0.29, 0.717) is 21.6 Å². The molecule has 0 spiro atoms. The van der Waals surface area contributed by atoms with Gasteiger partial charge in [0.1, 0.15) is 10.1 Å². The number of anilines is 1. The molecule has 2 aromatic carbocycles. The number of azo groups is 1. The van der Waals surface area contributed by atoms with Crippen LogP contribution in [0.25, 0.3) is 10.9 Å². The summed E-state index contributed by atoms with van der Waals surface area (Å²) in [6, 6.07) is 11.5. The standard InChI is InChI=1S/C15H14N4O3S2.Na/c1-19(2)11-5-3-10(4-6-11)16-17-15-13-9-12(24(20,21)22)7-8-14(13)18-23-15;/h3-9H,1-2H3,(H,20,21,22);/q;+1/p-1. The van der Waals surface area contributed by atoms with Gasteiger partial charge in [0.15, 0.2) is 5.00 Å². The monoisotopic (exact) mass is 384 g/mol.